The van der Waals surface area contributed by atoms with Crippen LogP contribution in [0.2, 0.25) is 0 Å². The second-order valence-corrected chi connectivity index (χ2v) is 2.68. The molecule has 0 spiro atoms. The summed E-state index contributed by atoms with van der Waals surface area (Å²) < 4.78 is 0. The molecule has 0 bridgehead atoms. The van der Waals surface area contributed by atoms with Crippen molar-refractivity contribution >= 4 is 5.69 Å². The molecule has 0 saturated carbocycles. The summed E-state index contributed by atoms with van der Waals surface area (Å²) in [6.07, 6.45) is 5.08. The number of aromatic nitrogens is 2. The van der Waals surface area contributed by atoms with Crippen LogP contribution in [0.1, 0.15) is 0 Å². The molecule has 0 fully saturated rings. The zero-order chi connectivity index (χ0) is 9.10. The van der Waals surface area contributed by atoms with Gasteiger partial charge in [0.25, 0.3) is 0 Å². The highest BCUT2D eigenvalue weighted by Crippen LogP contribution is 2.21. The SMILES string of the molecule is N.Nc1cnccc1-c1ccccn1. The lowest BCUT2D eigenvalue weighted by Gasteiger charge is -2.02. The first-order valence-electron chi connectivity index (χ1n) is 3.99. The third-order valence-corrected chi connectivity index (χ3v) is 1.79. The molecule has 0 aliphatic carbocycles. The Balaban J connectivity index is 0.000000980. The van der Waals surface area contributed by atoms with Gasteiger partial charge in [-0.2, -0.15) is 0 Å². The zero-order valence-corrected chi connectivity index (χ0v) is 7.72. The average molecular weight is 188 g/mol. The number of nitrogen functional groups attached to an aromatic ring is 1. The summed E-state index contributed by atoms with van der Waals surface area (Å²) in [7, 11) is 0. The molecule has 2 aromatic rings. The van der Waals surface area contributed by atoms with E-state index < -0.39 is 0 Å². The second kappa shape index (κ2) is 4.34. The molecule has 0 aliphatic rings. The first-order valence-corrected chi connectivity index (χ1v) is 3.99. The standard InChI is InChI=1S/C10H9N3.H3N/c11-9-7-12-6-4-8(9)10-3-1-2-5-13-10;/h1-7H,11H2;1H3. The van der Waals surface area contributed by atoms with Crippen LogP contribution in [0, 0.1) is 0 Å². The molecule has 0 saturated heterocycles. The summed E-state index contributed by atoms with van der Waals surface area (Å²) in [4.78, 5) is 8.12. The van der Waals surface area contributed by atoms with Crippen LogP contribution in [-0.4, -0.2) is 9.97 Å². The van der Waals surface area contributed by atoms with Gasteiger partial charge in [0, 0.05) is 18.0 Å². The largest absolute Gasteiger partial charge is 0.397 e. The molecule has 0 aromatic carbocycles. The molecule has 0 atom stereocenters. The minimum absolute atomic E-state index is 0. The smallest absolute Gasteiger partial charge is 0.0723 e. The number of hydrogen-bond acceptors (Lipinski definition) is 4. The number of pyridine rings is 2. The molecule has 0 amide bonds. The third kappa shape index (κ3) is 1.86. The first-order chi connectivity index (χ1) is 6.38. The third-order valence-electron chi connectivity index (χ3n) is 1.79. The van der Waals surface area contributed by atoms with E-state index in [1.165, 1.54) is 0 Å². The fraction of sp³-hybridized carbons (Fsp3) is 0. The fourth-order valence-electron chi connectivity index (χ4n) is 1.16. The maximum atomic E-state index is 5.75. The second-order valence-electron chi connectivity index (χ2n) is 2.68. The predicted molar refractivity (Wildman–Crippen MR) is 56.9 cm³/mol. The Morgan fingerprint density at radius 2 is 1.93 bits per heavy atom. The fourth-order valence-corrected chi connectivity index (χ4v) is 1.16. The number of anilines is 1. The molecule has 2 heterocycles. The van der Waals surface area contributed by atoms with E-state index >= 15 is 0 Å². The highest BCUT2D eigenvalue weighted by molar-refractivity contribution is 5.72. The number of rotatable bonds is 1. The van der Waals surface area contributed by atoms with Crippen molar-refractivity contribution in [1.29, 1.82) is 0 Å². The van der Waals surface area contributed by atoms with E-state index in [1.54, 1.807) is 18.6 Å². The van der Waals surface area contributed by atoms with Crippen LogP contribution in [-0.2, 0) is 0 Å². The minimum Gasteiger partial charge on any atom is -0.397 e. The number of hydrogen-bond donors (Lipinski definition) is 2. The van der Waals surface area contributed by atoms with Gasteiger partial charge >= 0.3 is 0 Å². The van der Waals surface area contributed by atoms with Gasteiger partial charge in [-0.15, -0.1) is 0 Å². The van der Waals surface area contributed by atoms with Crippen LogP contribution in [0.4, 0.5) is 5.69 Å². The Kier molecular flexibility index (Phi) is 3.14. The van der Waals surface area contributed by atoms with E-state index in [0.717, 1.165) is 11.3 Å². The Hall–Kier alpha value is -1.94. The Labute approximate surface area is 82.4 Å². The van der Waals surface area contributed by atoms with Crippen LogP contribution in [0.15, 0.2) is 42.9 Å². The molecule has 4 nitrogen and oxygen atoms in total. The van der Waals surface area contributed by atoms with Gasteiger partial charge in [0.2, 0.25) is 0 Å². The average Bonchev–Trinajstić information content (AvgIpc) is 2.20. The van der Waals surface area contributed by atoms with Crippen LogP contribution in [0.3, 0.4) is 0 Å². The first kappa shape index (κ1) is 10.1. The van der Waals surface area contributed by atoms with Crippen molar-refractivity contribution < 1.29 is 0 Å². The van der Waals surface area contributed by atoms with E-state index in [1.807, 2.05) is 24.3 Å². The Morgan fingerprint density at radius 3 is 2.57 bits per heavy atom. The quantitative estimate of drug-likeness (QED) is 0.715. The van der Waals surface area contributed by atoms with Gasteiger partial charge < -0.3 is 11.9 Å². The van der Waals surface area contributed by atoms with Crippen LogP contribution < -0.4 is 11.9 Å². The van der Waals surface area contributed by atoms with Gasteiger partial charge in [-0.3, -0.25) is 9.97 Å². The van der Waals surface area contributed by atoms with E-state index in [2.05, 4.69) is 9.97 Å². The molecule has 4 heteroatoms. The summed E-state index contributed by atoms with van der Waals surface area (Å²) in [6.45, 7) is 0. The van der Waals surface area contributed by atoms with Crippen molar-refractivity contribution in [3.8, 4) is 11.3 Å². The summed E-state index contributed by atoms with van der Waals surface area (Å²) in [5.74, 6) is 0. The van der Waals surface area contributed by atoms with Crippen molar-refractivity contribution in [2.45, 2.75) is 0 Å². The van der Waals surface area contributed by atoms with Crippen molar-refractivity contribution in [3.63, 3.8) is 0 Å². The lowest BCUT2D eigenvalue weighted by atomic mass is 10.1. The van der Waals surface area contributed by atoms with Crippen LogP contribution in [0.5, 0.6) is 0 Å². The van der Waals surface area contributed by atoms with Gasteiger partial charge in [0.15, 0.2) is 0 Å². The van der Waals surface area contributed by atoms with Crippen LogP contribution >= 0.6 is 0 Å². The van der Waals surface area contributed by atoms with Crippen LogP contribution in [0.25, 0.3) is 11.3 Å². The number of nitrogens with two attached hydrogens (primary N) is 1. The predicted octanol–water partition coefficient (Wildman–Crippen LogP) is 1.89. The molecule has 5 N–H and O–H groups in total. The van der Waals surface area contributed by atoms with Gasteiger partial charge in [-0.05, 0) is 18.2 Å². The monoisotopic (exact) mass is 188 g/mol. The zero-order valence-electron chi connectivity index (χ0n) is 7.72. The van der Waals surface area contributed by atoms with Crippen molar-refractivity contribution in [1.82, 2.24) is 16.1 Å². The van der Waals surface area contributed by atoms with Crippen molar-refractivity contribution in [2.24, 2.45) is 0 Å². The summed E-state index contributed by atoms with van der Waals surface area (Å²) >= 11 is 0. The van der Waals surface area contributed by atoms with Crippen molar-refractivity contribution in [2.75, 3.05) is 5.73 Å². The maximum absolute atomic E-state index is 5.75. The lowest BCUT2D eigenvalue weighted by molar-refractivity contribution is 1.29. The van der Waals surface area contributed by atoms with E-state index in [9.17, 15) is 0 Å². The molecule has 0 unspecified atom stereocenters. The summed E-state index contributed by atoms with van der Waals surface area (Å²) in [5.41, 5.74) is 8.21. The molecular formula is C10H12N4. The lowest BCUT2D eigenvalue weighted by Crippen LogP contribution is -1.91. The molecule has 72 valence electrons. The van der Waals surface area contributed by atoms with Gasteiger partial charge in [-0.1, -0.05) is 6.07 Å². The minimum atomic E-state index is 0. The molecule has 14 heavy (non-hydrogen) atoms. The van der Waals surface area contributed by atoms with Gasteiger partial charge in [-0.25, -0.2) is 0 Å². The Morgan fingerprint density at radius 1 is 1.07 bits per heavy atom. The molecule has 2 rings (SSSR count). The molecule has 0 aliphatic heterocycles. The van der Waals surface area contributed by atoms with E-state index in [-0.39, 0.29) is 6.15 Å². The summed E-state index contributed by atoms with van der Waals surface area (Å²) in [6, 6.07) is 7.59. The van der Waals surface area contributed by atoms with Gasteiger partial charge in [0.1, 0.15) is 0 Å². The molecule has 0 radical (unpaired) electrons. The highest BCUT2D eigenvalue weighted by atomic mass is 14.7. The van der Waals surface area contributed by atoms with E-state index in [0.29, 0.717) is 5.69 Å². The molecule has 2 aromatic heterocycles. The Bertz CT molecular complexity index is 400. The maximum Gasteiger partial charge on any atom is 0.0723 e. The van der Waals surface area contributed by atoms with Gasteiger partial charge in [0.05, 0.1) is 17.6 Å². The summed E-state index contributed by atoms with van der Waals surface area (Å²) in [5, 5.41) is 0. The normalized spacial score (nSPS) is 9.14. The number of nitrogens with zero attached hydrogens (tertiary/aromatic N) is 2. The van der Waals surface area contributed by atoms with Crippen molar-refractivity contribution in [3.05, 3.63) is 42.9 Å². The molecular weight excluding hydrogens is 176 g/mol. The topological polar surface area (TPSA) is 86.8 Å². The van der Waals surface area contributed by atoms with E-state index in [4.69, 9.17) is 5.73 Å². The highest BCUT2D eigenvalue weighted by Gasteiger charge is 2.00.